The van der Waals surface area contributed by atoms with E-state index in [1.165, 1.54) is 12.1 Å². The van der Waals surface area contributed by atoms with Crippen LogP contribution in [0.15, 0.2) is 41.3 Å². The van der Waals surface area contributed by atoms with Crippen molar-refractivity contribution < 1.29 is 12.8 Å². The van der Waals surface area contributed by atoms with E-state index in [0.29, 0.717) is 16.1 Å². The molecule has 0 heterocycles. The Labute approximate surface area is 128 Å². The lowest BCUT2D eigenvalue weighted by atomic mass is 10.1. The van der Waals surface area contributed by atoms with E-state index in [1.54, 1.807) is 38.1 Å². The van der Waals surface area contributed by atoms with Gasteiger partial charge in [0.25, 0.3) is 0 Å². The summed E-state index contributed by atoms with van der Waals surface area (Å²) in [5, 5.41) is 0.590. The van der Waals surface area contributed by atoms with E-state index in [1.807, 2.05) is 0 Å². The molecule has 0 unspecified atom stereocenters. The van der Waals surface area contributed by atoms with E-state index in [-0.39, 0.29) is 11.4 Å². The highest BCUT2D eigenvalue weighted by Crippen LogP contribution is 2.21. The maximum absolute atomic E-state index is 13.3. The van der Waals surface area contributed by atoms with Crippen molar-refractivity contribution in [2.24, 2.45) is 0 Å². The van der Waals surface area contributed by atoms with E-state index in [0.717, 1.165) is 5.56 Å². The summed E-state index contributed by atoms with van der Waals surface area (Å²) in [4.78, 5) is 0.123. The van der Waals surface area contributed by atoms with E-state index in [2.05, 4.69) is 4.72 Å². The third-order valence-corrected chi connectivity index (χ3v) is 5.03. The first-order valence-corrected chi connectivity index (χ1v) is 8.16. The highest BCUT2D eigenvalue weighted by molar-refractivity contribution is 7.89. The summed E-state index contributed by atoms with van der Waals surface area (Å²) in [5.74, 6) is -0.443. The van der Waals surface area contributed by atoms with Crippen LogP contribution in [0.25, 0.3) is 0 Å². The van der Waals surface area contributed by atoms with Crippen molar-refractivity contribution in [3.63, 3.8) is 0 Å². The summed E-state index contributed by atoms with van der Waals surface area (Å²) in [7, 11) is -3.70. The zero-order valence-electron chi connectivity index (χ0n) is 11.7. The lowest BCUT2D eigenvalue weighted by Gasteiger charge is -2.12. The minimum Gasteiger partial charge on any atom is -0.207 e. The van der Waals surface area contributed by atoms with Gasteiger partial charge in [0.05, 0.1) is 4.90 Å². The predicted octanol–water partition coefficient (Wildman–Crippen LogP) is 3.57. The number of hydrogen-bond donors (Lipinski definition) is 1. The smallest absolute Gasteiger partial charge is 0.207 e. The van der Waals surface area contributed by atoms with Crippen molar-refractivity contribution in [3.05, 3.63) is 63.9 Å². The Kier molecular flexibility index (Phi) is 4.66. The molecule has 0 atom stereocenters. The normalized spacial score (nSPS) is 11.6. The molecule has 3 nitrogen and oxygen atoms in total. The zero-order chi connectivity index (χ0) is 15.6. The largest absolute Gasteiger partial charge is 0.241 e. The fourth-order valence-corrected chi connectivity index (χ4v) is 3.77. The summed E-state index contributed by atoms with van der Waals surface area (Å²) in [6.45, 7) is 3.30. The molecule has 0 fully saturated rings. The van der Waals surface area contributed by atoms with Crippen molar-refractivity contribution in [3.8, 4) is 0 Å². The molecular weight excluding hydrogens is 313 g/mol. The minimum atomic E-state index is -3.70. The van der Waals surface area contributed by atoms with Gasteiger partial charge in [-0.2, -0.15) is 0 Å². The molecule has 0 aliphatic heterocycles. The SMILES string of the molecule is Cc1cc(F)cc(C)c1S(=O)(=O)NCc1ccc(Cl)cc1. The molecule has 6 heteroatoms. The van der Waals surface area contributed by atoms with Crippen molar-refractivity contribution >= 4 is 21.6 Å². The number of halogens is 2. The van der Waals surface area contributed by atoms with Crippen molar-refractivity contribution in [2.45, 2.75) is 25.3 Å². The lowest BCUT2D eigenvalue weighted by Crippen LogP contribution is -2.25. The molecule has 21 heavy (non-hydrogen) atoms. The first kappa shape index (κ1) is 15.9. The zero-order valence-corrected chi connectivity index (χ0v) is 13.2. The summed E-state index contributed by atoms with van der Waals surface area (Å²) in [6.07, 6.45) is 0. The van der Waals surface area contributed by atoms with Crippen LogP contribution in [-0.4, -0.2) is 8.42 Å². The molecule has 2 rings (SSSR count). The second-order valence-electron chi connectivity index (χ2n) is 4.82. The van der Waals surface area contributed by atoms with Crippen molar-refractivity contribution in [1.82, 2.24) is 4.72 Å². The maximum atomic E-state index is 13.3. The van der Waals surface area contributed by atoms with Crippen LogP contribution in [0.4, 0.5) is 4.39 Å². The Balaban J connectivity index is 2.25. The summed E-state index contributed by atoms with van der Waals surface area (Å²) >= 11 is 5.78. The highest BCUT2D eigenvalue weighted by Gasteiger charge is 2.20. The van der Waals surface area contributed by atoms with Gasteiger partial charge in [-0.05, 0) is 54.8 Å². The minimum absolute atomic E-state index is 0.123. The van der Waals surface area contributed by atoms with Gasteiger partial charge in [-0.3, -0.25) is 0 Å². The molecule has 112 valence electrons. The summed E-state index contributed by atoms with van der Waals surface area (Å²) in [5.41, 5.74) is 1.56. The quantitative estimate of drug-likeness (QED) is 0.933. The molecule has 2 aromatic carbocycles. The van der Waals surface area contributed by atoms with Gasteiger partial charge in [-0.25, -0.2) is 17.5 Å². The topological polar surface area (TPSA) is 46.2 Å². The van der Waals surface area contributed by atoms with Crippen LogP contribution in [0, 0.1) is 19.7 Å². The molecule has 0 saturated heterocycles. The number of nitrogens with one attached hydrogen (secondary N) is 1. The van der Waals surface area contributed by atoms with Gasteiger partial charge >= 0.3 is 0 Å². The van der Waals surface area contributed by atoms with Crippen LogP contribution in [0.3, 0.4) is 0 Å². The standard InChI is InChI=1S/C15H15ClFNO2S/c1-10-7-14(17)8-11(2)15(10)21(19,20)18-9-12-3-5-13(16)6-4-12/h3-8,18H,9H2,1-2H3. The first-order chi connectivity index (χ1) is 9.79. The average Bonchev–Trinajstić information content (AvgIpc) is 2.36. The first-order valence-electron chi connectivity index (χ1n) is 6.30. The van der Waals surface area contributed by atoms with Gasteiger partial charge in [0, 0.05) is 11.6 Å². The average molecular weight is 328 g/mol. The third-order valence-electron chi connectivity index (χ3n) is 3.07. The van der Waals surface area contributed by atoms with E-state index < -0.39 is 15.8 Å². The molecule has 1 N–H and O–H groups in total. The van der Waals surface area contributed by atoms with E-state index in [4.69, 9.17) is 11.6 Å². The van der Waals surface area contributed by atoms with Gasteiger partial charge < -0.3 is 0 Å². The van der Waals surface area contributed by atoms with Crippen LogP contribution in [0.2, 0.25) is 5.02 Å². The molecule has 0 aromatic heterocycles. The summed E-state index contributed by atoms with van der Waals surface area (Å²) in [6, 6.07) is 9.30. The lowest BCUT2D eigenvalue weighted by molar-refractivity contribution is 0.578. The fourth-order valence-electron chi connectivity index (χ4n) is 2.17. The second kappa shape index (κ2) is 6.13. The second-order valence-corrected chi connectivity index (χ2v) is 6.96. The number of rotatable bonds is 4. The number of hydrogen-bond acceptors (Lipinski definition) is 2. The maximum Gasteiger partial charge on any atom is 0.241 e. The molecule has 0 aliphatic carbocycles. The van der Waals surface area contributed by atoms with Crippen LogP contribution in [0.1, 0.15) is 16.7 Å². The van der Waals surface area contributed by atoms with E-state index >= 15 is 0 Å². The third kappa shape index (κ3) is 3.81. The van der Waals surface area contributed by atoms with Gasteiger partial charge in [-0.15, -0.1) is 0 Å². The highest BCUT2D eigenvalue weighted by atomic mass is 35.5. The van der Waals surface area contributed by atoms with Crippen LogP contribution < -0.4 is 4.72 Å². The van der Waals surface area contributed by atoms with Gasteiger partial charge in [0.1, 0.15) is 5.82 Å². The molecule has 0 aliphatic rings. The Morgan fingerprint density at radius 2 is 1.62 bits per heavy atom. The van der Waals surface area contributed by atoms with Gasteiger partial charge in [0.2, 0.25) is 10.0 Å². The Morgan fingerprint density at radius 1 is 1.10 bits per heavy atom. The molecule has 0 saturated carbocycles. The Hall–Kier alpha value is -1.43. The van der Waals surface area contributed by atoms with Crippen LogP contribution >= 0.6 is 11.6 Å². The molecule has 2 aromatic rings. The van der Waals surface area contributed by atoms with Crippen molar-refractivity contribution in [2.75, 3.05) is 0 Å². The van der Waals surface area contributed by atoms with Crippen molar-refractivity contribution in [1.29, 1.82) is 0 Å². The molecule has 0 spiro atoms. The molecular formula is C15H15ClFNO2S. The Bertz CT molecular complexity index is 735. The Morgan fingerprint density at radius 3 is 2.14 bits per heavy atom. The van der Waals surface area contributed by atoms with Crippen LogP contribution in [-0.2, 0) is 16.6 Å². The van der Waals surface area contributed by atoms with Gasteiger partial charge in [0.15, 0.2) is 0 Å². The van der Waals surface area contributed by atoms with Gasteiger partial charge in [-0.1, -0.05) is 23.7 Å². The number of sulfonamides is 1. The molecule has 0 amide bonds. The van der Waals surface area contributed by atoms with E-state index in [9.17, 15) is 12.8 Å². The summed E-state index contributed by atoms with van der Waals surface area (Å²) < 4.78 is 40.5. The molecule has 0 bridgehead atoms. The van der Waals surface area contributed by atoms with Crippen LogP contribution in [0.5, 0.6) is 0 Å². The number of aryl methyl sites for hydroxylation is 2. The predicted molar refractivity (Wildman–Crippen MR) is 81.4 cm³/mol. The monoisotopic (exact) mass is 327 g/mol. The molecule has 0 radical (unpaired) electrons. The number of benzene rings is 2. The fraction of sp³-hybridized carbons (Fsp3) is 0.200.